The highest BCUT2D eigenvalue weighted by atomic mass is 32.2. The van der Waals surface area contributed by atoms with E-state index in [0.29, 0.717) is 12.4 Å². The molecule has 0 atom stereocenters. The van der Waals surface area contributed by atoms with Crippen molar-refractivity contribution in [2.24, 2.45) is 5.73 Å². The molecule has 0 fully saturated rings. The molecule has 0 radical (unpaired) electrons. The maximum absolute atomic E-state index is 12.2. The van der Waals surface area contributed by atoms with Crippen molar-refractivity contribution in [1.29, 1.82) is 0 Å². The molecule has 6 nitrogen and oxygen atoms in total. The maximum Gasteiger partial charge on any atom is 0.244 e. The van der Waals surface area contributed by atoms with Crippen molar-refractivity contribution < 1.29 is 17.9 Å². The van der Waals surface area contributed by atoms with Crippen LogP contribution in [0, 0.1) is 0 Å². The van der Waals surface area contributed by atoms with Gasteiger partial charge in [0.25, 0.3) is 0 Å². The molecule has 1 rings (SSSR count). The van der Waals surface area contributed by atoms with Gasteiger partial charge in [-0.25, -0.2) is 13.1 Å². The fraction of sp³-hybridized carbons (Fsp3) is 0.538. The number of ether oxygens (including phenoxy) is 2. The molecular weight excluding hydrogens is 280 g/mol. The molecule has 0 bridgehead atoms. The van der Waals surface area contributed by atoms with Gasteiger partial charge in [-0.15, -0.1) is 0 Å². The first-order valence-corrected chi connectivity index (χ1v) is 7.87. The van der Waals surface area contributed by atoms with Crippen molar-refractivity contribution in [2.45, 2.75) is 31.4 Å². The lowest BCUT2D eigenvalue weighted by atomic mass is 10.2. The molecule has 0 spiro atoms. The molecule has 0 aliphatic heterocycles. The zero-order chi connectivity index (χ0) is 15.2. The predicted octanol–water partition coefficient (Wildman–Crippen LogP) is 0.857. The summed E-state index contributed by atoms with van der Waals surface area (Å²) in [5.41, 5.74) is 6.26. The summed E-state index contributed by atoms with van der Waals surface area (Å²) in [4.78, 5) is 0.0903. The fourth-order valence-corrected chi connectivity index (χ4v) is 2.84. The number of rotatable bonds is 8. The van der Waals surface area contributed by atoms with Gasteiger partial charge in [0.15, 0.2) is 0 Å². The van der Waals surface area contributed by atoms with E-state index < -0.39 is 10.0 Å². The number of hydrogen-bond donors (Lipinski definition) is 2. The van der Waals surface area contributed by atoms with Crippen LogP contribution < -0.4 is 15.2 Å². The average Bonchev–Trinajstić information content (AvgIpc) is 2.42. The van der Waals surface area contributed by atoms with Crippen LogP contribution in [0.15, 0.2) is 23.1 Å². The van der Waals surface area contributed by atoms with Crippen molar-refractivity contribution in [3.8, 4) is 5.75 Å². The lowest BCUT2D eigenvalue weighted by Crippen LogP contribution is -2.28. The molecule has 0 saturated heterocycles. The molecule has 1 aromatic rings. The Morgan fingerprint density at radius 2 is 2.05 bits per heavy atom. The molecule has 1 aromatic carbocycles. The lowest BCUT2D eigenvalue weighted by Gasteiger charge is -2.13. The van der Waals surface area contributed by atoms with E-state index in [2.05, 4.69) is 4.72 Å². The molecule has 0 saturated carbocycles. The summed E-state index contributed by atoms with van der Waals surface area (Å²) < 4.78 is 37.3. The zero-order valence-electron chi connectivity index (χ0n) is 12.0. The van der Waals surface area contributed by atoms with Crippen LogP contribution in [0.4, 0.5) is 0 Å². The Morgan fingerprint density at radius 1 is 1.35 bits per heavy atom. The van der Waals surface area contributed by atoms with Gasteiger partial charge in [-0.3, -0.25) is 0 Å². The van der Waals surface area contributed by atoms with E-state index in [-0.39, 0.29) is 24.1 Å². The van der Waals surface area contributed by atoms with Crippen LogP contribution in [0.2, 0.25) is 0 Å². The summed E-state index contributed by atoms with van der Waals surface area (Å²) in [6.07, 6.45) is 0.0645. The summed E-state index contributed by atoms with van der Waals surface area (Å²) in [6.45, 7) is 4.57. The number of benzene rings is 1. The fourth-order valence-electron chi connectivity index (χ4n) is 1.61. The molecule has 0 aliphatic rings. The summed E-state index contributed by atoms with van der Waals surface area (Å²) in [6, 6.07) is 4.85. The molecule has 3 N–H and O–H groups in total. The second kappa shape index (κ2) is 7.58. The summed E-state index contributed by atoms with van der Waals surface area (Å²) in [5.74, 6) is 0.291. The topological polar surface area (TPSA) is 90.7 Å². The van der Waals surface area contributed by atoms with Gasteiger partial charge in [-0.05, 0) is 31.5 Å². The van der Waals surface area contributed by atoms with Crippen molar-refractivity contribution in [3.05, 3.63) is 23.8 Å². The van der Waals surface area contributed by atoms with Gasteiger partial charge in [0, 0.05) is 13.1 Å². The zero-order valence-corrected chi connectivity index (χ0v) is 12.9. The van der Waals surface area contributed by atoms with Gasteiger partial charge in [0.2, 0.25) is 10.0 Å². The van der Waals surface area contributed by atoms with Crippen LogP contribution in [0.1, 0.15) is 19.4 Å². The Morgan fingerprint density at radius 3 is 2.60 bits per heavy atom. The Kier molecular flexibility index (Phi) is 6.41. The van der Waals surface area contributed by atoms with Gasteiger partial charge >= 0.3 is 0 Å². The molecule has 20 heavy (non-hydrogen) atoms. The summed E-state index contributed by atoms with van der Waals surface area (Å²) >= 11 is 0. The van der Waals surface area contributed by atoms with Crippen LogP contribution in [-0.2, 0) is 21.3 Å². The molecule has 0 aliphatic carbocycles. The van der Waals surface area contributed by atoms with Crippen molar-refractivity contribution >= 4 is 10.0 Å². The number of nitrogens with two attached hydrogens (primary N) is 1. The van der Waals surface area contributed by atoms with Crippen molar-refractivity contribution in [3.63, 3.8) is 0 Å². The number of methoxy groups -OCH3 is 1. The van der Waals surface area contributed by atoms with Crippen LogP contribution in [0.5, 0.6) is 5.75 Å². The van der Waals surface area contributed by atoms with E-state index in [0.717, 1.165) is 5.56 Å². The van der Waals surface area contributed by atoms with Crippen LogP contribution >= 0.6 is 0 Å². The van der Waals surface area contributed by atoms with Crippen molar-refractivity contribution in [1.82, 2.24) is 4.72 Å². The third-order valence-electron chi connectivity index (χ3n) is 2.60. The second-order valence-electron chi connectivity index (χ2n) is 4.51. The largest absolute Gasteiger partial charge is 0.495 e. The first-order valence-electron chi connectivity index (χ1n) is 6.39. The maximum atomic E-state index is 12.2. The minimum atomic E-state index is -3.64. The molecule has 7 heteroatoms. The normalized spacial score (nSPS) is 11.8. The highest BCUT2D eigenvalue weighted by Gasteiger charge is 2.19. The van der Waals surface area contributed by atoms with E-state index in [1.54, 1.807) is 12.1 Å². The second-order valence-corrected chi connectivity index (χ2v) is 6.24. The molecule has 0 heterocycles. The highest BCUT2D eigenvalue weighted by molar-refractivity contribution is 7.89. The summed E-state index contributed by atoms with van der Waals surface area (Å²) in [5, 5.41) is 0. The molecule has 0 amide bonds. The first kappa shape index (κ1) is 16.9. The van der Waals surface area contributed by atoms with Gasteiger partial charge in [-0.2, -0.15) is 0 Å². The Hall–Kier alpha value is -1.15. The van der Waals surface area contributed by atoms with Crippen LogP contribution in [0.3, 0.4) is 0 Å². The SMILES string of the molecule is COc1ccc(CN)cc1S(=O)(=O)NCCOC(C)C. The number of nitrogens with one attached hydrogen (secondary N) is 1. The smallest absolute Gasteiger partial charge is 0.244 e. The van der Waals surface area contributed by atoms with E-state index >= 15 is 0 Å². The minimum Gasteiger partial charge on any atom is -0.495 e. The third kappa shape index (κ3) is 4.75. The molecule has 114 valence electrons. The molecular formula is C13H22N2O4S. The Labute approximate surface area is 120 Å². The molecule has 0 aromatic heterocycles. The predicted molar refractivity (Wildman–Crippen MR) is 77.2 cm³/mol. The number of hydrogen-bond acceptors (Lipinski definition) is 5. The van der Waals surface area contributed by atoms with Crippen LogP contribution in [0.25, 0.3) is 0 Å². The molecule has 0 unspecified atom stereocenters. The van der Waals surface area contributed by atoms with Gasteiger partial charge in [0.05, 0.1) is 19.8 Å². The van der Waals surface area contributed by atoms with Gasteiger partial charge in [-0.1, -0.05) is 6.07 Å². The van der Waals surface area contributed by atoms with Gasteiger partial charge < -0.3 is 15.2 Å². The highest BCUT2D eigenvalue weighted by Crippen LogP contribution is 2.24. The van der Waals surface area contributed by atoms with E-state index in [1.165, 1.54) is 13.2 Å². The van der Waals surface area contributed by atoms with Crippen LogP contribution in [-0.4, -0.2) is 34.8 Å². The average molecular weight is 302 g/mol. The van der Waals surface area contributed by atoms with E-state index in [9.17, 15) is 8.42 Å². The third-order valence-corrected chi connectivity index (χ3v) is 4.08. The quantitative estimate of drug-likeness (QED) is 0.695. The van der Waals surface area contributed by atoms with E-state index in [4.69, 9.17) is 15.2 Å². The van der Waals surface area contributed by atoms with Gasteiger partial charge in [0.1, 0.15) is 10.6 Å². The summed E-state index contributed by atoms with van der Waals surface area (Å²) in [7, 11) is -2.22. The lowest BCUT2D eigenvalue weighted by molar-refractivity contribution is 0.0834. The standard InChI is InChI=1S/C13H22N2O4S/c1-10(2)19-7-6-15-20(16,17)13-8-11(9-14)4-5-12(13)18-3/h4-5,8,10,15H,6-7,9,14H2,1-3H3. The first-order chi connectivity index (χ1) is 9.40. The minimum absolute atomic E-state index is 0.0645. The Balaban J connectivity index is 2.85. The Bertz CT molecular complexity index is 529. The van der Waals surface area contributed by atoms with E-state index in [1.807, 2.05) is 13.8 Å². The number of sulfonamides is 1. The monoisotopic (exact) mass is 302 g/mol. The van der Waals surface area contributed by atoms with Crippen molar-refractivity contribution in [2.75, 3.05) is 20.3 Å².